The van der Waals surface area contributed by atoms with Crippen LogP contribution in [0.15, 0.2) is 24.3 Å². The van der Waals surface area contributed by atoms with Crippen molar-refractivity contribution in [1.82, 2.24) is 0 Å². The smallest absolute Gasteiger partial charge is 0.192 e. The minimum atomic E-state index is -1.84. The maximum absolute atomic E-state index is 12.0. The van der Waals surface area contributed by atoms with Gasteiger partial charge in [-0.2, -0.15) is 0 Å². The first kappa shape index (κ1) is 19.1. The molecule has 1 aliphatic heterocycles. The lowest BCUT2D eigenvalue weighted by molar-refractivity contribution is -0.117. The molecule has 1 saturated heterocycles. The van der Waals surface area contributed by atoms with Gasteiger partial charge >= 0.3 is 0 Å². The number of fused-ring (bicyclic) bond motifs is 2. The summed E-state index contributed by atoms with van der Waals surface area (Å²) in [5, 5.41) is 0.193. The lowest BCUT2D eigenvalue weighted by atomic mass is 9.76. The number of epoxide rings is 1. The van der Waals surface area contributed by atoms with Gasteiger partial charge in [0, 0.05) is 5.92 Å². The minimum absolute atomic E-state index is 0.0533. The second-order valence-electron chi connectivity index (χ2n) is 10.2. The van der Waals surface area contributed by atoms with Crippen LogP contribution in [-0.4, -0.2) is 32.4 Å². The molecule has 1 unspecified atom stereocenters. The van der Waals surface area contributed by atoms with E-state index in [0.717, 1.165) is 37.9 Å². The number of carbonyl (C=O) groups excluding carboxylic acids is 1. The van der Waals surface area contributed by atoms with Crippen molar-refractivity contribution < 1.29 is 14.0 Å². The molecule has 0 spiro atoms. The van der Waals surface area contributed by atoms with Gasteiger partial charge in [-0.25, -0.2) is 0 Å². The van der Waals surface area contributed by atoms with E-state index >= 15 is 0 Å². The fourth-order valence-corrected chi connectivity index (χ4v) is 5.45. The summed E-state index contributed by atoms with van der Waals surface area (Å²) in [6.45, 7) is 18.6. The number of ketones is 1. The van der Waals surface area contributed by atoms with Crippen LogP contribution in [0.3, 0.4) is 0 Å². The van der Waals surface area contributed by atoms with Crippen LogP contribution in [0.25, 0.3) is 0 Å². The molecule has 0 radical (unpaired) electrons. The average molecular weight is 363 g/mol. The summed E-state index contributed by atoms with van der Waals surface area (Å²) in [6, 6.07) is 0. The Kier molecular flexibility index (Phi) is 4.50. The SMILES string of the molecule is C=C1C[C@@]2(CC[C@H](O[Si](C)(C)C(C)(C)C)C3(C)CO3)C=CC(=O)[C@@H]1C2. The standard InChI is InChI=1S/C21H34O3Si/c1-15-12-21(10-8-17(22)16(15)13-21)11-9-18(20(5)14-23-20)24-25(6,7)19(2,3)4/h8,10,16,18H,1,9,11-14H2,2-7H3/t16-,18+,20?,21+/m1/s1. The molecule has 4 atom stereocenters. The van der Waals surface area contributed by atoms with Crippen molar-refractivity contribution in [1.29, 1.82) is 0 Å². The third-order valence-corrected chi connectivity index (χ3v) is 11.5. The largest absolute Gasteiger partial charge is 0.411 e. The van der Waals surface area contributed by atoms with Crippen molar-refractivity contribution in [3.05, 3.63) is 24.3 Å². The van der Waals surface area contributed by atoms with Crippen molar-refractivity contribution in [3.8, 4) is 0 Å². The normalized spacial score (nSPS) is 36.0. The molecule has 3 rings (SSSR count). The molecule has 2 aliphatic carbocycles. The first-order valence-corrected chi connectivity index (χ1v) is 12.5. The summed E-state index contributed by atoms with van der Waals surface area (Å²) in [6.07, 6.45) is 8.01. The van der Waals surface area contributed by atoms with E-state index in [1.165, 1.54) is 0 Å². The first-order valence-electron chi connectivity index (χ1n) is 9.60. The van der Waals surface area contributed by atoms with Gasteiger partial charge in [0.1, 0.15) is 5.60 Å². The molecule has 140 valence electrons. The van der Waals surface area contributed by atoms with E-state index in [1.54, 1.807) is 6.08 Å². The Bertz CT molecular complexity index is 609. The lowest BCUT2D eigenvalue weighted by Crippen LogP contribution is -2.48. The van der Waals surface area contributed by atoms with Gasteiger partial charge in [-0.3, -0.25) is 4.79 Å². The second kappa shape index (κ2) is 5.90. The topological polar surface area (TPSA) is 38.8 Å². The van der Waals surface area contributed by atoms with Gasteiger partial charge in [0.15, 0.2) is 14.1 Å². The highest BCUT2D eigenvalue weighted by molar-refractivity contribution is 6.74. The van der Waals surface area contributed by atoms with Crippen molar-refractivity contribution in [2.45, 2.75) is 83.2 Å². The summed E-state index contributed by atoms with van der Waals surface area (Å²) in [4.78, 5) is 12.0. The van der Waals surface area contributed by atoms with Gasteiger partial charge in [-0.1, -0.05) is 39.0 Å². The molecule has 25 heavy (non-hydrogen) atoms. The Labute approximate surface area is 154 Å². The molecule has 0 N–H and O–H groups in total. The Morgan fingerprint density at radius 1 is 1.44 bits per heavy atom. The van der Waals surface area contributed by atoms with Crippen molar-refractivity contribution in [2.75, 3.05) is 6.61 Å². The van der Waals surface area contributed by atoms with Crippen molar-refractivity contribution in [3.63, 3.8) is 0 Å². The molecular formula is C21H34O3Si. The molecule has 2 fully saturated rings. The highest BCUT2D eigenvalue weighted by Gasteiger charge is 2.53. The zero-order valence-corrected chi connectivity index (χ0v) is 17.8. The number of allylic oxidation sites excluding steroid dienone is 3. The molecule has 0 aromatic carbocycles. The van der Waals surface area contributed by atoms with E-state index < -0.39 is 8.32 Å². The Morgan fingerprint density at radius 3 is 2.64 bits per heavy atom. The number of hydrogen-bond acceptors (Lipinski definition) is 3. The number of rotatable bonds is 6. The second-order valence-corrected chi connectivity index (χ2v) is 15.0. The van der Waals surface area contributed by atoms with Gasteiger partial charge in [-0.05, 0) is 62.2 Å². The predicted octanol–water partition coefficient (Wildman–Crippen LogP) is 5.04. The highest BCUT2D eigenvalue weighted by atomic mass is 28.4. The number of carbonyl (C=O) groups is 1. The van der Waals surface area contributed by atoms with Gasteiger partial charge in [0.05, 0.1) is 12.7 Å². The zero-order chi connectivity index (χ0) is 18.7. The Morgan fingerprint density at radius 2 is 2.08 bits per heavy atom. The molecule has 0 aromatic heterocycles. The fraction of sp³-hybridized carbons (Fsp3) is 0.762. The van der Waals surface area contributed by atoms with Gasteiger partial charge < -0.3 is 9.16 Å². The van der Waals surface area contributed by atoms with E-state index in [0.29, 0.717) is 0 Å². The summed E-state index contributed by atoms with van der Waals surface area (Å²) >= 11 is 0. The monoisotopic (exact) mass is 362 g/mol. The van der Waals surface area contributed by atoms with Crippen LogP contribution >= 0.6 is 0 Å². The van der Waals surface area contributed by atoms with E-state index in [1.807, 2.05) is 0 Å². The Balaban J connectivity index is 1.72. The molecule has 1 heterocycles. The predicted molar refractivity (Wildman–Crippen MR) is 104 cm³/mol. The highest BCUT2D eigenvalue weighted by Crippen LogP contribution is 2.53. The fourth-order valence-electron chi connectivity index (χ4n) is 4.02. The van der Waals surface area contributed by atoms with E-state index in [4.69, 9.17) is 9.16 Å². The van der Waals surface area contributed by atoms with Gasteiger partial charge in [0.2, 0.25) is 0 Å². The van der Waals surface area contributed by atoms with E-state index in [9.17, 15) is 4.79 Å². The number of hydrogen-bond donors (Lipinski definition) is 0. The van der Waals surface area contributed by atoms with Crippen LogP contribution < -0.4 is 0 Å². The summed E-state index contributed by atoms with van der Waals surface area (Å²) in [5.41, 5.74) is 1.09. The van der Waals surface area contributed by atoms with Crippen molar-refractivity contribution in [2.24, 2.45) is 11.3 Å². The molecule has 1 saturated carbocycles. The van der Waals surface area contributed by atoms with Crippen LogP contribution in [0.1, 0.15) is 53.4 Å². The first-order chi connectivity index (χ1) is 11.4. The molecule has 0 aromatic rings. The van der Waals surface area contributed by atoms with E-state index in [-0.39, 0.29) is 33.9 Å². The van der Waals surface area contributed by atoms with Crippen LogP contribution in [0, 0.1) is 11.3 Å². The Hall–Kier alpha value is -0.713. The summed E-state index contributed by atoms with van der Waals surface area (Å²) in [7, 11) is -1.84. The molecule has 4 heteroatoms. The quantitative estimate of drug-likeness (QED) is 0.377. The van der Waals surface area contributed by atoms with Crippen LogP contribution in [0.4, 0.5) is 0 Å². The molecule has 2 bridgehead atoms. The maximum Gasteiger partial charge on any atom is 0.192 e. The molecular weight excluding hydrogens is 328 g/mol. The van der Waals surface area contributed by atoms with Gasteiger partial charge in [0.25, 0.3) is 0 Å². The minimum Gasteiger partial charge on any atom is -0.411 e. The zero-order valence-electron chi connectivity index (χ0n) is 16.8. The molecule has 3 nitrogen and oxygen atoms in total. The van der Waals surface area contributed by atoms with E-state index in [2.05, 4.69) is 53.4 Å². The molecule has 0 amide bonds. The number of ether oxygens (including phenoxy) is 1. The van der Waals surface area contributed by atoms with Crippen LogP contribution in [-0.2, 0) is 14.0 Å². The summed E-state index contributed by atoms with van der Waals surface area (Å²) < 4.78 is 12.6. The third kappa shape index (κ3) is 3.58. The lowest BCUT2D eigenvalue weighted by Gasteiger charge is -2.41. The third-order valence-electron chi connectivity index (χ3n) is 7.06. The summed E-state index contributed by atoms with van der Waals surface area (Å²) in [5.74, 6) is 0.294. The van der Waals surface area contributed by atoms with Crippen LogP contribution in [0.2, 0.25) is 18.1 Å². The van der Waals surface area contributed by atoms with Gasteiger partial charge in [-0.15, -0.1) is 0 Å². The average Bonchev–Trinajstić information content (AvgIpc) is 3.16. The maximum atomic E-state index is 12.0. The molecule has 3 aliphatic rings. The van der Waals surface area contributed by atoms with Crippen molar-refractivity contribution >= 4 is 14.1 Å². The van der Waals surface area contributed by atoms with Crippen LogP contribution in [0.5, 0.6) is 0 Å².